The summed E-state index contributed by atoms with van der Waals surface area (Å²) in [7, 11) is 1.35. The lowest BCUT2D eigenvalue weighted by Crippen LogP contribution is -2.40. The van der Waals surface area contributed by atoms with Crippen LogP contribution in [0.2, 0.25) is 0 Å². The van der Waals surface area contributed by atoms with Crippen molar-refractivity contribution in [3.05, 3.63) is 233 Å². The van der Waals surface area contributed by atoms with E-state index in [-0.39, 0.29) is 0 Å². The van der Waals surface area contributed by atoms with Gasteiger partial charge >= 0.3 is 5.97 Å². The molecule has 6 aromatic carbocycles. The molecule has 0 atom stereocenters. The predicted molar refractivity (Wildman–Crippen MR) is 215 cm³/mol. The molecule has 6 nitrogen and oxygen atoms in total. The number of nitrogens with zero attached hydrogens (tertiary/aromatic N) is 1. The molecule has 0 radical (unpaired) electrons. The van der Waals surface area contributed by atoms with Crippen molar-refractivity contribution in [3.63, 3.8) is 0 Å². The quantitative estimate of drug-likeness (QED) is 0.0672. The lowest BCUT2D eigenvalue weighted by atomic mass is 9.76. The molecule has 0 saturated carbocycles. The molecule has 0 bridgehead atoms. The molecule has 0 spiro atoms. The zero-order chi connectivity index (χ0) is 36.5. The fourth-order valence-electron chi connectivity index (χ4n) is 7.03. The number of hydrogen-bond acceptors (Lipinski definition) is 6. The molecule has 0 fully saturated rings. The summed E-state index contributed by atoms with van der Waals surface area (Å²) in [4.78, 5) is 17.7. The molecule has 1 aromatic heterocycles. The minimum atomic E-state index is -0.914. The van der Waals surface area contributed by atoms with Gasteiger partial charge in [0.15, 0.2) is 5.82 Å². The zero-order valence-corrected chi connectivity index (χ0v) is 29.4. The summed E-state index contributed by atoms with van der Waals surface area (Å²) in [5.41, 5.74) is 12.3. The summed E-state index contributed by atoms with van der Waals surface area (Å²) < 4.78 is 4.97. The molecule has 4 N–H and O–H groups in total. The Morgan fingerprint density at radius 2 is 0.868 bits per heavy atom. The third kappa shape index (κ3) is 6.90. The van der Waals surface area contributed by atoms with E-state index in [9.17, 15) is 4.79 Å². The molecule has 260 valence electrons. The number of esters is 1. The second kappa shape index (κ2) is 15.5. The number of anilines is 3. The molecule has 0 aliphatic carbocycles. The van der Waals surface area contributed by atoms with Crippen LogP contribution in [0.4, 0.5) is 17.3 Å². The highest BCUT2D eigenvalue weighted by atomic mass is 16.5. The van der Waals surface area contributed by atoms with Crippen molar-refractivity contribution in [2.75, 3.05) is 23.5 Å². The summed E-state index contributed by atoms with van der Waals surface area (Å²) in [5, 5.41) is 7.77. The largest absolute Gasteiger partial charge is 0.466 e. The van der Waals surface area contributed by atoms with E-state index in [4.69, 9.17) is 15.5 Å². The Kier molecular flexibility index (Phi) is 10.1. The number of carbonyl (C=O) groups is 1. The molecule has 7 aromatic rings. The van der Waals surface area contributed by atoms with E-state index in [1.54, 1.807) is 6.08 Å². The first-order chi connectivity index (χ1) is 26.0. The number of nitrogen functional groups attached to an aromatic ring is 1. The molecular weight excluding hydrogens is 653 g/mol. The molecule has 53 heavy (non-hydrogen) atoms. The Hall–Kier alpha value is -6.92. The molecule has 0 aliphatic heterocycles. The van der Waals surface area contributed by atoms with Gasteiger partial charge in [0.1, 0.15) is 16.9 Å². The molecule has 0 amide bonds. The van der Waals surface area contributed by atoms with Gasteiger partial charge in [0.25, 0.3) is 0 Å². The van der Waals surface area contributed by atoms with Crippen molar-refractivity contribution in [1.82, 2.24) is 4.98 Å². The summed E-state index contributed by atoms with van der Waals surface area (Å²) in [6, 6.07) is 63.7. The first-order valence-electron chi connectivity index (χ1n) is 17.5. The minimum Gasteiger partial charge on any atom is -0.466 e. The number of nitrogens with one attached hydrogen (secondary N) is 2. The predicted octanol–water partition coefficient (Wildman–Crippen LogP) is 9.66. The maximum Gasteiger partial charge on any atom is 0.330 e. The van der Waals surface area contributed by atoms with Crippen LogP contribution in [0.3, 0.4) is 0 Å². The smallest absolute Gasteiger partial charge is 0.330 e. The highest BCUT2D eigenvalue weighted by molar-refractivity contribution is 5.90. The molecule has 7 rings (SSSR count). The highest BCUT2D eigenvalue weighted by Crippen LogP contribution is 2.44. The van der Waals surface area contributed by atoms with Gasteiger partial charge in [-0.2, -0.15) is 0 Å². The highest BCUT2D eigenvalue weighted by Gasteiger charge is 2.39. The van der Waals surface area contributed by atoms with E-state index in [2.05, 4.69) is 83.4 Å². The van der Waals surface area contributed by atoms with E-state index < -0.39 is 17.0 Å². The van der Waals surface area contributed by atoms with E-state index in [0.717, 1.165) is 33.4 Å². The van der Waals surface area contributed by atoms with Gasteiger partial charge in [-0.1, -0.05) is 182 Å². The first kappa shape index (κ1) is 34.5. The number of pyridine rings is 1. The van der Waals surface area contributed by atoms with Crippen LogP contribution in [0.5, 0.6) is 0 Å². The van der Waals surface area contributed by atoms with Gasteiger partial charge in [-0.05, 0) is 45.5 Å². The first-order valence-corrected chi connectivity index (χ1v) is 17.5. The van der Waals surface area contributed by atoms with Crippen molar-refractivity contribution >= 4 is 29.4 Å². The molecule has 6 heteroatoms. The summed E-state index contributed by atoms with van der Waals surface area (Å²) >= 11 is 0. The standard InChI is InChI=1S/C47H40N4O2/c1-53-43(52)33-32-35-34-42(50-46(36-20-8-2-9-21-36,37-22-10-3-11-23-37)38-24-12-4-13-25-38)49-45(44(35)48)51-47(39-26-14-5-15-27-39,40-28-16-6-17-29-40)41-30-18-7-19-31-41/h2-34H,48H2,1H3,(H2,49,50,51)/b33-32+. The normalized spacial score (nSPS) is 11.6. The zero-order valence-electron chi connectivity index (χ0n) is 29.4. The van der Waals surface area contributed by atoms with Crippen LogP contribution in [-0.4, -0.2) is 18.1 Å². The van der Waals surface area contributed by atoms with Gasteiger partial charge in [0.05, 0.1) is 12.8 Å². The molecule has 1 heterocycles. The fourth-order valence-corrected chi connectivity index (χ4v) is 7.03. The van der Waals surface area contributed by atoms with Crippen LogP contribution in [0.25, 0.3) is 6.08 Å². The Bertz CT molecular complexity index is 2090. The van der Waals surface area contributed by atoms with Crippen molar-refractivity contribution in [1.29, 1.82) is 0 Å². The number of rotatable bonds is 12. The maximum atomic E-state index is 12.4. The Morgan fingerprint density at radius 3 is 1.19 bits per heavy atom. The SMILES string of the molecule is COC(=O)/C=C/c1cc(NC(c2ccccc2)(c2ccccc2)c2ccccc2)nc(NC(c2ccccc2)(c2ccccc2)c2ccccc2)c1N. The van der Waals surface area contributed by atoms with E-state index >= 15 is 0 Å². The number of nitrogens with two attached hydrogens (primary N) is 1. The molecule has 0 unspecified atom stereocenters. The lowest BCUT2D eigenvalue weighted by molar-refractivity contribution is -0.134. The minimum absolute atomic E-state index is 0.368. The average Bonchev–Trinajstić information content (AvgIpc) is 3.24. The molecule has 0 aliphatic rings. The van der Waals surface area contributed by atoms with Crippen LogP contribution < -0.4 is 16.4 Å². The fraction of sp³-hybridized carbons (Fsp3) is 0.0638. The second-order valence-corrected chi connectivity index (χ2v) is 12.7. The van der Waals surface area contributed by atoms with Crippen molar-refractivity contribution in [2.24, 2.45) is 0 Å². The topological polar surface area (TPSA) is 89.3 Å². The lowest BCUT2D eigenvalue weighted by Gasteiger charge is -2.39. The number of methoxy groups -OCH3 is 1. The third-order valence-electron chi connectivity index (χ3n) is 9.55. The molecule has 0 saturated heterocycles. The van der Waals surface area contributed by atoms with Crippen LogP contribution in [0, 0.1) is 0 Å². The number of aromatic nitrogens is 1. The van der Waals surface area contributed by atoms with Gasteiger partial charge in [-0.25, -0.2) is 9.78 Å². The van der Waals surface area contributed by atoms with Crippen LogP contribution in [0.1, 0.15) is 38.9 Å². The Labute approximate surface area is 310 Å². The van der Waals surface area contributed by atoms with Crippen molar-refractivity contribution in [2.45, 2.75) is 11.1 Å². The summed E-state index contributed by atoms with van der Waals surface area (Å²) in [6.07, 6.45) is 3.04. The van der Waals surface area contributed by atoms with Gasteiger partial charge in [0.2, 0.25) is 0 Å². The van der Waals surface area contributed by atoms with E-state index in [0.29, 0.717) is 22.9 Å². The van der Waals surface area contributed by atoms with Crippen LogP contribution in [0.15, 0.2) is 194 Å². The number of ether oxygens (including phenoxy) is 1. The average molecular weight is 693 g/mol. The molecular formula is C47H40N4O2. The Morgan fingerprint density at radius 1 is 0.547 bits per heavy atom. The van der Waals surface area contributed by atoms with Gasteiger partial charge < -0.3 is 21.1 Å². The summed E-state index contributed by atoms with van der Waals surface area (Å²) in [6.45, 7) is 0. The van der Waals surface area contributed by atoms with Crippen molar-refractivity contribution < 1.29 is 9.53 Å². The monoisotopic (exact) mass is 692 g/mol. The van der Waals surface area contributed by atoms with Crippen LogP contribution >= 0.6 is 0 Å². The number of carbonyl (C=O) groups excluding carboxylic acids is 1. The van der Waals surface area contributed by atoms with Gasteiger partial charge in [-0.15, -0.1) is 0 Å². The number of hydrogen-bond donors (Lipinski definition) is 3. The Balaban J connectivity index is 1.50. The summed E-state index contributed by atoms with van der Waals surface area (Å²) in [5.74, 6) is 0.467. The van der Waals surface area contributed by atoms with Gasteiger partial charge in [-0.3, -0.25) is 0 Å². The van der Waals surface area contributed by atoms with Gasteiger partial charge in [0, 0.05) is 11.6 Å². The van der Waals surface area contributed by atoms with Crippen molar-refractivity contribution in [3.8, 4) is 0 Å². The van der Waals surface area contributed by atoms with E-state index in [1.165, 1.54) is 13.2 Å². The maximum absolute atomic E-state index is 12.4. The van der Waals surface area contributed by atoms with Crippen LogP contribution in [-0.2, 0) is 20.6 Å². The second-order valence-electron chi connectivity index (χ2n) is 12.7. The third-order valence-corrected chi connectivity index (χ3v) is 9.55. The number of benzene rings is 6. The van der Waals surface area contributed by atoms with E-state index in [1.807, 2.05) is 115 Å².